The highest BCUT2D eigenvalue weighted by molar-refractivity contribution is 7.11. The number of Topliss-reactive ketones (excluding diaryl/α,β-unsaturated/α-hetero) is 1. The molecule has 25 heavy (non-hydrogen) atoms. The number of hydrogen-bond donors (Lipinski definition) is 0. The Bertz CT molecular complexity index is 1080. The molecule has 0 amide bonds. The average molecular weight is 349 g/mol. The van der Waals surface area contributed by atoms with Crippen LogP contribution in [0.5, 0.6) is 0 Å². The Hall–Kier alpha value is -2.93. The van der Waals surface area contributed by atoms with E-state index in [1.165, 1.54) is 11.3 Å². The van der Waals surface area contributed by atoms with Gasteiger partial charge in [-0.25, -0.2) is 9.97 Å². The van der Waals surface area contributed by atoms with Crippen LogP contribution in [0.4, 0.5) is 0 Å². The summed E-state index contributed by atoms with van der Waals surface area (Å²) in [5, 5.41) is 4.35. The van der Waals surface area contributed by atoms with Gasteiger partial charge < -0.3 is 4.57 Å². The van der Waals surface area contributed by atoms with E-state index in [9.17, 15) is 4.79 Å². The number of aromatic nitrogens is 5. The minimum absolute atomic E-state index is 0.00846. The molecule has 4 rings (SSSR count). The predicted octanol–water partition coefficient (Wildman–Crippen LogP) is 3.22. The van der Waals surface area contributed by atoms with Crippen LogP contribution in [-0.2, 0) is 13.5 Å². The van der Waals surface area contributed by atoms with Gasteiger partial charge in [-0.3, -0.25) is 14.8 Å². The van der Waals surface area contributed by atoms with Crippen LogP contribution in [0, 0.1) is 6.92 Å². The van der Waals surface area contributed by atoms with Crippen molar-refractivity contribution < 1.29 is 4.79 Å². The van der Waals surface area contributed by atoms with Crippen LogP contribution in [0.3, 0.4) is 0 Å². The van der Waals surface area contributed by atoms with Crippen LogP contribution in [0.15, 0.2) is 42.4 Å². The zero-order valence-electron chi connectivity index (χ0n) is 13.8. The van der Waals surface area contributed by atoms with Crippen LogP contribution in [-0.4, -0.2) is 30.3 Å². The second-order valence-corrected chi connectivity index (χ2v) is 6.73. The van der Waals surface area contributed by atoms with Gasteiger partial charge in [0, 0.05) is 41.6 Å². The SMILES string of the molecule is Cc1csc(C(=O)Cc2cc3cc(-c4cncn4C)ncc3cn2)n1. The first-order chi connectivity index (χ1) is 12.1. The first-order valence-electron chi connectivity index (χ1n) is 7.77. The molecule has 0 bridgehead atoms. The molecule has 4 heterocycles. The van der Waals surface area contributed by atoms with Gasteiger partial charge >= 0.3 is 0 Å². The number of imidazole rings is 1. The van der Waals surface area contributed by atoms with Gasteiger partial charge in [-0.1, -0.05) is 0 Å². The van der Waals surface area contributed by atoms with Crippen molar-refractivity contribution >= 4 is 27.9 Å². The third kappa shape index (κ3) is 3.06. The van der Waals surface area contributed by atoms with Gasteiger partial charge in [0.15, 0.2) is 10.8 Å². The molecular weight excluding hydrogens is 334 g/mol. The Labute approximate surface area is 148 Å². The number of hydrogen-bond acceptors (Lipinski definition) is 6. The van der Waals surface area contributed by atoms with Gasteiger partial charge in [-0.05, 0) is 24.4 Å². The number of rotatable bonds is 4. The molecule has 0 N–H and O–H groups in total. The van der Waals surface area contributed by atoms with Crippen LogP contribution >= 0.6 is 11.3 Å². The predicted molar refractivity (Wildman–Crippen MR) is 96.6 cm³/mol. The van der Waals surface area contributed by atoms with Crippen LogP contribution < -0.4 is 0 Å². The molecule has 0 aliphatic rings. The average Bonchev–Trinajstić information content (AvgIpc) is 3.22. The molecule has 0 aromatic carbocycles. The van der Waals surface area contributed by atoms with E-state index in [1.807, 2.05) is 36.1 Å². The number of ketones is 1. The van der Waals surface area contributed by atoms with Gasteiger partial charge in [0.2, 0.25) is 0 Å². The van der Waals surface area contributed by atoms with Gasteiger partial charge in [0.25, 0.3) is 0 Å². The Morgan fingerprint density at radius 2 is 2.00 bits per heavy atom. The molecule has 0 spiro atoms. The summed E-state index contributed by atoms with van der Waals surface area (Å²) in [6.45, 7) is 1.88. The fraction of sp³-hybridized carbons (Fsp3) is 0.167. The van der Waals surface area contributed by atoms with E-state index < -0.39 is 0 Å². The third-order valence-electron chi connectivity index (χ3n) is 3.94. The Kier molecular flexibility index (Phi) is 3.85. The smallest absolute Gasteiger partial charge is 0.197 e. The lowest BCUT2D eigenvalue weighted by atomic mass is 10.1. The molecule has 0 unspecified atom stereocenters. The van der Waals surface area contributed by atoms with Crippen molar-refractivity contribution in [2.45, 2.75) is 13.3 Å². The molecule has 0 aliphatic heterocycles. The van der Waals surface area contributed by atoms with E-state index in [-0.39, 0.29) is 12.2 Å². The second kappa shape index (κ2) is 6.18. The first kappa shape index (κ1) is 15.6. The van der Waals surface area contributed by atoms with E-state index >= 15 is 0 Å². The highest BCUT2D eigenvalue weighted by Crippen LogP contribution is 2.22. The molecule has 0 radical (unpaired) electrons. The van der Waals surface area contributed by atoms with Crippen LogP contribution in [0.1, 0.15) is 21.2 Å². The maximum atomic E-state index is 12.3. The van der Waals surface area contributed by atoms with E-state index in [4.69, 9.17) is 0 Å². The van der Waals surface area contributed by atoms with Gasteiger partial charge in [0.05, 0.1) is 30.3 Å². The van der Waals surface area contributed by atoms with E-state index in [0.29, 0.717) is 5.01 Å². The summed E-state index contributed by atoms with van der Waals surface area (Å²) in [7, 11) is 1.93. The second-order valence-electron chi connectivity index (χ2n) is 5.88. The quantitative estimate of drug-likeness (QED) is 0.529. The molecule has 0 atom stereocenters. The minimum Gasteiger partial charge on any atom is -0.332 e. The van der Waals surface area contributed by atoms with E-state index in [2.05, 4.69) is 19.9 Å². The zero-order valence-corrected chi connectivity index (χ0v) is 14.6. The van der Waals surface area contributed by atoms with Crippen molar-refractivity contribution in [1.82, 2.24) is 24.5 Å². The van der Waals surface area contributed by atoms with Gasteiger partial charge in [-0.2, -0.15) is 0 Å². The molecule has 6 nitrogen and oxygen atoms in total. The Morgan fingerprint density at radius 3 is 2.72 bits per heavy atom. The summed E-state index contributed by atoms with van der Waals surface area (Å²) < 4.78 is 1.92. The molecule has 0 aliphatic carbocycles. The highest BCUT2D eigenvalue weighted by Gasteiger charge is 2.13. The third-order valence-corrected chi connectivity index (χ3v) is 4.94. The normalized spacial score (nSPS) is 11.1. The maximum Gasteiger partial charge on any atom is 0.197 e. The molecule has 0 saturated heterocycles. The molecule has 4 aromatic heterocycles. The zero-order chi connectivity index (χ0) is 17.4. The fourth-order valence-corrected chi connectivity index (χ4v) is 3.38. The van der Waals surface area contributed by atoms with Crippen molar-refractivity contribution in [2.24, 2.45) is 7.05 Å². The largest absolute Gasteiger partial charge is 0.332 e. The van der Waals surface area contributed by atoms with Crippen molar-refractivity contribution in [2.75, 3.05) is 0 Å². The molecule has 0 saturated carbocycles. The summed E-state index contributed by atoms with van der Waals surface area (Å²) in [6.07, 6.45) is 7.32. The summed E-state index contributed by atoms with van der Waals surface area (Å²) in [5.74, 6) is -0.00846. The van der Waals surface area contributed by atoms with Crippen LogP contribution in [0.25, 0.3) is 22.2 Å². The number of nitrogens with zero attached hydrogens (tertiary/aromatic N) is 5. The van der Waals surface area contributed by atoms with Crippen molar-refractivity contribution in [3.8, 4) is 11.4 Å². The summed E-state index contributed by atoms with van der Waals surface area (Å²) in [5.41, 5.74) is 3.38. The van der Waals surface area contributed by atoms with Crippen molar-refractivity contribution in [1.29, 1.82) is 0 Å². The Morgan fingerprint density at radius 1 is 1.16 bits per heavy atom. The number of fused-ring (bicyclic) bond motifs is 1. The highest BCUT2D eigenvalue weighted by atomic mass is 32.1. The maximum absolute atomic E-state index is 12.3. The van der Waals surface area contributed by atoms with Crippen molar-refractivity contribution in [3.05, 3.63) is 58.8 Å². The van der Waals surface area contributed by atoms with Crippen LogP contribution in [0.2, 0.25) is 0 Å². The number of carbonyl (C=O) groups is 1. The minimum atomic E-state index is -0.00846. The van der Waals surface area contributed by atoms with Gasteiger partial charge in [0.1, 0.15) is 0 Å². The lowest BCUT2D eigenvalue weighted by Gasteiger charge is -2.05. The Balaban J connectivity index is 1.67. The lowest BCUT2D eigenvalue weighted by molar-refractivity contribution is 0.0991. The summed E-state index contributed by atoms with van der Waals surface area (Å²) in [6, 6.07) is 3.94. The molecule has 4 aromatic rings. The molecule has 0 fully saturated rings. The number of pyridine rings is 2. The first-order valence-corrected chi connectivity index (χ1v) is 8.65. The fourth-order valence-electron chi connectivity index (χ4n) is 2.65. The summed E-state index contributed by atoms with van der Waals surface area (Å²) >= 11 is 1.37. The summed E-state index contributed by atoms with van der Waals surface area (Å²) in [4.78, 5) is 29.6. The van der Waals surface area contributed by atoms with Crippen molar-refractivity contribution in [3.63, 3.8) is 0 Å². The molecular formula is C18H15N5OS. The number of carbonyl (C=O) groups excluding carboxylic acids is 1. The number of thiazole rings is 1. The lowest BCUT2D eigenvalue weighted by Crippen LogP contribution is -2.05. The topological polar surface area (TPSA) is 73.6 Å². The molecule has 124 valence electrons. The monoisotopic (exact) mass is 349 g/mol. The van der Waals surface area contributed by atoms with Gasteiger partial charge in [-0.15, -0.1) is 11.3 Å². The van der Waals surface area contributed by atoms with E-state index in [0.717, 1.165) is 33.5 Å². The number of aryl methyl sites for hydroxylation is 2. The van der Waals surface area contributed by atoms with E-state index in [1.54, 1.807) is 24.9 Å². The standard InChI is InChI=1S/C18H15N5OS/c1-11-9-25-18(22-11)17(24)5-14-3-12-4-15(16-8-19-10-23(16)2)21-7-13(12)6-20-14/h3-4,6-10H,5H2,1-2H3. The molecule has 7 heteroatoms.